The summed E-state index contributed by atoms with van der Waals surface area (Å²) in [5.41, 5.74) is 6.93. The van der Waals surface area contributed by atoms with Crippen molar-refractivity contribution in [1.29, 1.82) is 0 Å². The normalized spacial score (nSPS) is 19.9. The lowest BCUT2D eigenvalue weighted by molar-refractivity contribution is -0.122. The lowest BCUT2D eigenvalue weighted by atomic mass is 9.93. The smallest absolute Gasteiger partial charge is 0.244 e. The molecule has 1 amide bonds. The summed E-state index contributed by atoms with van der Waals surface area (Å²) in [6.45, 7) is 2.13. The molecule has 1 aliphatic rings. The van der Waals surface area contributed by atoms with E-state index in [4.69, 9.17) is 11.6 Å². The highest BCUT2D eigenvalue weighted by atomic mass is 35.5. The molecule has 3 aromatic carbocycles. The number of carbonyl (C=O) groups excluding carboxylic acids is 1. The van der Waals surface area contributed by atoms with Gasteiger partial charge in [0.1, 0.15) is 0 Å². The number of carbonyl (C=O) groups is 1. The number of nitrogens with one attached hydrogen (secondary N) is 1. The number of fused-ring (bicyclic) bond motifs is 1. The van der Waals surface area contributed by atoms with Gasteiger partial charge in [-0.05, 0) is 46.7 Å². The number of pyridine rings is 1. The zero-order chi connectivity index (χ0) is 22.1. The third kappa shape index (κ3) is 3.90. The van der Waals surface area contributed by atoms with Crippen molar-refractivity contribution in [2.24, 2.45) is 11.0 Å². The SMILES string of the molecule is CC1(c2ccc(-c3ccc(Cl)cc3)cc2)CC1C(=O)N/N=C/c1cccc2cnccc12. The van der Waals surface area contributed by atoms with Crippen LogP contribution in [-0.2, 0) is 10.2 Å². The average Bonchev–Trinajstić information content (AvgIpc) is 3.53. The molecule has 0 saturated heterocycles. The Bertz CT molecular complexity index is 1310. The highest BCUT2D eigenvalue weighted by molar-refractivity contribution is 6.30. The van der Waals surface area contributed by atoms with E-state index in [1.54, 1.807) is 12.4 Å². The van der Waals surface area contributed by atoms with Gasteiger partial charge in [0.05, 0.1) is 12.1 Å². The first-order valence-electron chi connectivity index (χ1n) is 10.6. The largest absolute Gasteiger partial charge is 0.273 e. The Balaban J connectivity index is 1.25. The molecule has 1 saturated carbocycles. The summed E-state index contributed by atoms with van der Waals surface area (Å²) >= 11 is 5.98. The van der Waals surface area contributed by atoms with Crippen molar-refractivity contribution < 1.29 is 4.79 Å². The van der Waals surface area contributed by atoms with Gasteiger partial charge < -0.3 is 0 Å². The quantitative estimate of drug-likeness (QED) is 0.307. The van der Waals surface area contributed by atoms with Crippen molar-refractivity contribution in [2.75, 3.05) is 0 Å². The number of halogens is 1. The summed E-state index contributed by atoms with van der Waals surface area (Å²) in [4.78, 5) is 16.9. The van der Waals surface area contributed by atoms with E-state index < -0.39 is 0 Å². The Kier molecular flexibility index (Phi) is 5.24. The van der Waals surface area contributed by atoms with E-state index in [1.165, 1.54) is 5.56 Å². The second-order valence-corrected chi connectivity index (χ2v) is 8.87. The summed E-state index contributed by atoms with van der Waals surface area (Å²) in [6, 6.07) is 24.1. The molecule has 1 aliphatic carbocycles. The maximum Gasteiger partial charge on any atom is 0.244 e. The Labute approximate surface area is 192 Å². The number of aromatic nitrogens is 1. The molecule has 0 bridgehead atoms. The van der Waals surface area contributed by atoms with Gasteiger partial charge in [0.2, 0.25) is 5.91 Å². The van der Waals surface area contributed by atoms with E-state index in [9.17, 15) is 4.79 Å². The van der Waals surface area contributed by atoms with Gasteiger partial charge in [0.25, 0.3) is 0 Å². The van der Waals surface area contributed by atoms with Crippen molar-refractivity contribution in [2.45, 2.75) is 18.8 Å². The summed E-state index contributed by atoms with van der Waals surface area (Å²) < 4.78 is 0. The van der Waals surface area contributed by atoms with Gasteiger partial charge in [-0.3, -0.25) is 9.78 Å². The molecule has 4 aromatic rings. The highest BCUT2D eigenvalue weighted by Gasteiger charge is 2.55. The minimum atomic E-state index is -0.163. The summed E-state index contributed by atoms with van der Waals surface area (Å²) in [5.74, 6) is -0.134. The molecule has 4 nitrogen and oxygen atoms in total. The van der Waals surface area contributed by atoms with Crippen molar-refractivity contribution in [3.05, 3.63) is 101 Å². The fourth-order valence-corrected chi connectivity index (χ4v) is 4.38. The summed E-state index contributed by atoms with van der Waals surface area (Å²) in [7, 11) is 0. The van der Waals surface area contributed by atoms with Crippen LogP contribution in [0.1, 0.15) is 24.5 Å². The highest BCUT2D eigenvalue weighted by Crippen LogP contribution is 2.54. The van der Waals surface area contributed by atoms with Crippen LogP contribution in [0.5, 0.6) is 0 Å². The second-order valence-electron chi connectivity index (χ2n) is 8.44. The Morgan fingerprint density at radius 1 is 1.06 bits per heavy atom. The fourth-order valence-electron chi connectivity index (χ4n) is 4.26. The fraction of sp³-hybridized carbons (Fsp3) is 0.148. The Hall–Kier alpha value is -3.50. The van der Waals surface area contributed by atoms with Crippen molar-refractivity contribution >= 4 is 34.5 Å². The minimum absolute atomic E-state index is 0.0487. The van der Waals surface area contributed by atoms with Crippen LogP contribution in [0.2, 0.25) is 5.02 Å². The molecule has 32 heavy (non-hydrogen) atoms. The number of rotatable bonds is 5. The lowest BCUT2D eigenvalue weighted by Crippen LogP contribution is -2.23. The number of nitrogens with zero attached hydrogens (tertiary/aromatic N) is 2. The van der Waals surface area contributed by atoms with Gasteiger partial charge in [-0.1, -0.05) is 73.1 Å². The lowest BCUT2D eigenvalue weighted by Gasteiger charge is -2.12. The van der Waals surface area contributed by atoms with Gasteiger partial charge >= 0.3 is 0 Å². The van der Waals surface area contributed by atoms with Crippen LogP contribution in [0.25, 0.3) is 21.9 Å². The molecule has 2 unspecified atom stereocenters. The number of hydrogen-bond acceptors (Lipinski definition) is 3. The van der Waals surface area contributed by atoms with E-state index in [0.29, 0.717) is 0 Å². The molecule has 0 radical (unpaired) electrons. The molecule has 0 aliphatic heterocycles. The van der Waals surface area contributed by atoms with Gasteiger partial charge in [-0.25, -0.2) is 5.43 Å². The van der Waals surface area contributed by atoms with Crippen LogP contribution in [0.15, 0.2) is 90.3 Å². The molecule has 5 heteroatoms. The summed E-state index contributed by atoms with van der Waals surface area (Å²) in [5, 5.41) is 7.04. The Morgan fingerprint density at radius 3 is 2.53 bits per heavy atom. The van der Waals surface area contributed by atoms with Crippen LogP contribution in [0.4, 0.5) is 0 Å². The molecule has 1 N–H and O–H groups in total. The third-order valence-corrected chi connectivity index (χ3v) is 6.62. The first-order chi connectivity index (χ1) is 15.5. The maximum atomic E-state index is 12.7. The van der Waals surface area contributed by atoms with E-state index in [0.717, 1.165) is 38.9 Å². The van der Waals surface area contributed by atoms with Crippen molar-refractivity contribution in [1.82, 2.24) is 10.4 Å². The second kappa shape index (κ2) is 8.21. The van der Waals surface area contributed by atoms with Crippen LogP contribution in [0, 0.1) is 5.92 Å². The zero-order valence-electron chi connectivity index (χ0n) is 17.6. The van der Waals surface area contributed by atoms with Crippen LogP contribution in [-0.4, -0.2) is 17.1 Å². The molecular weight excluding hydrogens is 418 g/mol. The molecular formula is C27H22ClN3O. The Morgan fingerprint density at radius 2 is 1.78 bits per heavy atom. The van der Waals surface area contributed by atoms with Crippen molar-refractivity contribution in [3.63, 3.8) is 0 Å². The molecule has 2 atom stereocenters. The van der Waals surface area contributed by atoms with Crippen LogP contribution >= 0.6 is 11.6 Å². The van der Waals surface area contributed by atoms with Gasteiger partial charge in [0.15, 0.2) is 0 Å². The maximum absolute atomic E-state index is 12.7. The monoisotopic (exact) mass is 439 g/mol. The average molecular weight is 440 g/mol. The zero-order valence-corrected chi connectivity index (χ0v) is 18.4. The molecule has 0 spiro atoms. The number of amides is 1. The first kappa shape index (κ1) is 20.4. The third-order valence-electron chi connectivity index (χ3n) is 6.37. The minimum Gasteiger partial charge on any atom is -0.273 e. The predicted octanol–water partition coefficient (Wildman–Crippen LogP) is 5.98. The molecule has 5 rings (SSSR count). The topological polar surface area (TPSA) is 54.4 Å². The van der Waals surface area contributed by atoms with Gasteiger partial charge in [-0.15, -0.1) is 0 Å². The molecule has 1 heterocycles. The molecule has 1 fully saturated rings. The molecule has 158 valence electrons. The number of benzene rings is 3. The van der Waals surface area contributed by atoms with Crippen LogP contribution < -0.4 is 5.43 Å². The first-order valence-corrected chi connectivity index (χ1v) is 10.9. The molecule has 1 aromatic heterocycles. The van der Waals surface area contributed by atoms with E-state index in [2.05, 4.69) is 46.7 Å². The van der Waals surface area contributed by atoms with Crippen molar-refractivity contribution in [3.8, 4) is 11.1 Å². The number of hydrogen-bond donors (Lipinski definition) is 1. The van der Waals surface area contributed by atoms with Gasteiger partial charge in [-0.2, -0.15) is 5.10 Å². The van der Waals surface area contributed by atoms with Gasteiger partial charge in [0, 0.05) is 33.8 Å². The van der Waals surface area contributed by atoms with E-state index >= 15 is 0 Å². The standard InChI is InChI=1S/C27H22ClN3O/c1-27(22-9-5-18(6-10-22)19-7-11-23(28)12-8-19)15-25(27)26(32)31-30-17-21-4-2-3-20-16-29-14-13-24(20)21/h2-14,16-17,25H,15H2,1H3,(H,31,32)/b30-17+. The predicted molar refractivity (Wildman–Crippen MR) is 130 cm³/mol. The van der Waals surface area contributed by atoms with E-state index in [1.807, 2.05) is 54.7 Å². The number of hydrazone groups is 1. The van der Waals surface area contributed by atoms with E-state index in [-0.39, 0.29) is 17.2 Å². The summed E-state index contributed by atoms with van der Waals surface area (Å²) in [6.07, 6.45) is 6.08. The van der Waals surface area contributed by atoms with Crippen LogP contribution in [0.3, 0.4) is 0 Å².